The summed E-state index contributed by atoms with van der Waals surface area (Å²) in [5.74, 6) is -0.247. The van der Waals surface area contributed by atoms with Crippen LogP contribution in [-0.2, 0) is 16.2 Å². The molecule has 23 heavy (non-hydrogen) atoms. The van der Waals surface area contributed by atoms with E-state index in [1.807, 2.05) is 30.3 Å². The highest BCUT2D eigenvalue weighted by Gasteiger charge is 2.41. The van der Waals surface area contributed by atoms with Crippen molar-refractivity contribution in [3.63, 3.8) is 0 Å². The van der Waals surface area contributed by atoms with E-state index in [4.69, 9.17) is 5.11 Å². The quantitative estimate of drug-likeness (QED) is 0.699. The van der Waals surface area contributed by atoms with Crippen LogP contribution < -0.4 is 10.8 Å². The summed E-state index contributed by atoms with van der Waals surface area (Å²) in [6.45, 7) is 0.765. The first kappa shape index (κ1) is 19.3. The Morgan fingerprint density at radius 1 is 1.39 bits per heavy atom. The van der Waals surface area contributed by atoms with E-state index in [0.717, 1.165) is 12.0 Å². The zero-order valence-electron chi connectivity index (χ0n) is 13.0. The molecule has 1 aromatic carbocycles. The molecule has 0 spiro atoms. The standard InChI is InChI=1S/C8H13N3O3.C7H8O.H2S/c1-14-10-7(12)6-3-2-5-4-11(6)8(13)9-5;8-6-7-4-2-1-3-5-7;/h5-6H,2-4H2,1H3,(H,9,13)(H,10,12);1-5,8H,6H2;1H2/t5-,6+;;/m1../s1. The molecular weight excluding hydrogens is 318 g/mol. The topological polar surface area (TPSA) is 90.9 Å². The lowest BCUT2D eigenvalue weighted by Gasteiger charge is -2.28. The van der Waals surface area contributed by atoms with Gasteiger partial charge in [-0.15, -0.1) is 0 Å². The van der Waals surface area contributed by atoms with Crippen LogP contribution in [0.25, 0.3) is 0 Å². The first-order valence-corrected chi connectivity index (χ1v) is 7.20. The molecule has 128 valence electrons. The Bertz CT molecular complexity index is 515. The number of benzene rings is 1. The summed E-state index contributed by atoms with van der Waals surface area (Å²) in [4.78, 5) is 28.9. The molecule has 2 aliphatic rings. The molecule has 0 aliphatic carbocycles. The smallest absolute Gasteiger partial charge is 0.318 e. The van der Waals surface area contributed by atoms with Crippen molar-refractivity contribution < 1.29 is 19.5 Å². The van der Waals surface area contributed by atoms with E-state index in [0.29, 0.717) is 13.0 Å². The Morgan fingerprint density at radius 3 is 2.65 bits per heavy atom. The van der Waals surface area contributed by atoms with E-state index in [2.05, 4.69) is 15.6 Å². The van der Waals surface area contributed by atoms with E-state index in [9.17, 15) is 9.59 Å². The van der Waals surface area contributed by atoms with Crippen molar-refractivity contribution in [3.05, 3.63) is 35.9 Å². The zero-order valence-corrected chi connectivity index (χ0v) is 14.0. The molecule has 2 heterocycles. The third kappa shape index (κ3) is 5.12. The van der Waals surface area contributed by atoms with Crippen molar-refractivity contribution in [2.24, 2.45) is 0 Å². The predicted molar refractivity (Wildman–Crippen MR) is 89.9 cm³/mol. The van der Waals surface area contributed by atoms with Gasteiger partial charge in [-0.25, -0.2) is 10.3 Å². The molecule has 0 unspecified atom stereocenters. The van der Waals surface area contributed by atoms with E-state index in [1.54, 1.807) is 4.90 Å². The van der Waals surface area contributed by atoms with Crippen LogP contribution in [0.1, 0.15) is 18.4 Å². The molecule has 0 saturated carbocycles. The van der Waals surface area contributed by atoms with Crippen LogP contribution >= 0.6 is 13.5 Å². The Balaban J connectivity index is 0.000000253. The molecule has 2 bridgehead atoms. The maximum Gasteiger partial charge on any atom is 0.318 e. The van der Waals surface area contributed by atoms with Crippen molar-refractivity contribution in [1.82, 2.24) is 15.7 Å². The summed E-state index contributed by atoms with van der Waals surface area (Å²) >= 11 is 0. The van der Waals surface area contributed by atoms with Gasteiger partial charge in [0, 0.05) is 12.6 Å². The van der Waals surface area contributed by atoms with Gasteiger partial charge in [-0.05, 0) is 18.4 Å². The number of aliphatic hydroxyl groups is 1. The van der Waals surface area contributed by atoms with Gasteiger partial charge in [0.1, 0.15) is 6.04 Å². The van der Waals surface area contributed by atoms with Gasteiger partial charge in [0.05, 0.1) is 13.7 Å². The first-order chi connectivity index (χ1) is 10.7. The average Bonchev–Trinajstić information content (AvgIpc) is 2.83. The third-order valence-corrected chi connectivity index (χ3v) is 3.70. The minimum Gasteiger partial charge on any atom is -0.392 e. The maximum absolute atomic E-state index is 11.5. The van der Waals surface area contributed by atoms with Gasteiger partial charge < -0.3 is 15.3 Å². The normalized spacial score (nSPS) is 21.5. The van der Waals surface area contributed by atoms with E-state index in [1.165, 1.54) is 7.11 Å². The van der Waals surface area contributed by atoms with Gasteiger partial charge in [-0.3, -0.25) is 9.63 Å². The van der Waals surface area contributed by atoms with Crippen LogP contribution in [0.4, 0.5) is 4.79 Å². The number of carbonyl (C=O) groups excluding carboxylic acids is 2. The third-order valence-electron chi connectivity index (χ3n) is 3.70. The molecule has 0 aromatic heterocycles. The number of aliphatic hydroxyl groups excluding tert-OH is 1. The van der Waals surface area contributed by atoms with E-state index < -0.39 is 0 Å². The van der Waals surface area contributed by atoms with Crippen LogP contribution in [0, 0.1) is 0 Å². The highest BCUT2D eigenvalue weighted by molar-refractivity contribution is 7.59. The molecule has 0 radical (unpaired) electrons. The Labute approximate surface area is 142 Å². The molecule has 7 nitrogen and oxygen atoms in total. The van der Waals surface area contributed by atoms with Crippen LogP contribution in [0.2, 0.25) is 0 Å². The van der Waals surface area contributed by atoms with Gasteiger partial charge in [0.15, 0.2) is 0 Å². The number of fused-ring (bicyclic) bond motifs is 2. The number of rotatable bonds is 3. The van der Waals surface area contributed by atoms with E-state index in [-0.39, 0.29) is 44.1 Å². The largest absolute Gasteiger partial charge is 0.392 e. The second-order valence-corrected chi connectivity index (χ2v) is 5.21. The summed E-state index contributed by atoms with van der Waals surface area (Å²) in [5, 5.41) is 11.3. The molecular formula is C15H23N3O4S. The monoisotopic (exact) mass is 341 g/mol. The number of nitrogens with one attached hydrogen (secondary N) is 2. The van der Waals surface area contributed by atoms with Gasteiger partial charge in [-0.1, -0.05) is 30.3 Å². The Morgan fingerprint density at radius 2 is 2.09 bits per heavy atom. The van der Waals surface area contributed by atoms with Crippen LogP contribution in [-0.4, -0.2) is 47.7 Å². The van der Waals surface area contributed by atoms with Crippen molar-refractivity contribution >= 4 is 25.4 Å². The summed E-state index contributed by atoms with van der Waals surface area (Å²) in [6.07, 6.45) is 1.54. The summed E-state index contributed by atoms with van der Waals surface area (Å²) in [7, 11) is 1.38. The highest BCUT2D eigenvalue weighted by atomic mass is 32.1. The molecule has 3 rings (SSSR count). The minimum atomic E-state index is -0.381. The molecule has 2 aliphatic heterocycles. The van der Waals surface area contributed by atoms with Crippen LogP contribution in [0.5, 0.6) is 0 Å². The number of hydrogen-bond donors (Lipinski definition) is 3. The second-order valence-electron chi connectivity index (χ2n) is 5.21. The molecule has 2 atom stereocenters. The molecule has 1 aromatic rings. The second kappa shape index (κ2) is 9.39. The number of hydrogen-bond acceptors (Lipinski definition) is 4. The fraction of sp³-hybridized carbons (Fsp3) is 0.467. The number of nitrogens with zero attached hydrogens (tertiary/aromatic N) is 1. The fourth-order valence-electron chi connectivity index (χ4n) is 2.60. The fourth-order valence-corrected chi connectivity index (χ4v) is 2.60. The number of urea groups is 1. The molecule has 3 N–H and O–H groups in total. The summed E-state index contributed by atoms with van der Waals surface area (Å²) in [5.41, 5.74) is 3.22. The van der Waals surface area contributed by atoms with E-state index >= 15 is 0 Å². The average molecular weight is 341 g/mol. The van der Waals surface area contributed by atoms with Crippen molar-refractivity contribution in [2.45, 2.75) is 31.5 Å². The lowest BCUT2D eigenvalue weighted by atomic mass is 10.0. The number of carbonyl (C=O) groups is 2. The van der Waals surface area contributed by atoms with Gasteiger partial charge >= 0.3 is 6.03 Å². The zero-order chi connectivity index (χ0) is 15.9. The lowest BCUT2D eigenvalue weighted by molar-refractivity contribution is -0.136. The number of amides is 3. The first-order valence-electron chi connectivity index (χ1n) is 7.20. The molecule has 2 fully saturated rings. The van der Waals surface area contributed by atoms with Crippen molar-refractivity contribution in [1.29, 1.82) is 0 Å². The SMILES string of the molecule is CONC(=O)[C@@H]1CC[C@@H]2CN1C(=O)N2.OCc1ccccc1.S. The van der Waals surface area contributed by atoms with Gasteiger partial charge in [-0.2, -0.15) is 13.5 Å². The van der Waals surface area contributed by atoms with Gasteiger partial charge in [0.25, 0.3) is 5.91 Å². The maximum atomic E-state index is 11.5. The molecule has 3 amide bonds. The molecule has 8 heteroatoms. The summed E-state index contributed by atoms with van der Waals surface area (Å²) in [6, 6.07) is 9.21. The van der Waals surface area contributed by atoms with Crippen molar-refractivity contribution in [3.8, 4) is 0 Å². The lowest BCUT2D eigenvalue weighted by Crippen LogP contribution is -2.49. The van der Waals surface area contributed by atoms with Crippen LogP contribution in [0.15, 0.2) is 30.3 Å². The molecule has 2 saturated heterocycles. The van der Waals surface area contributed by atoms with Crippen molar-refractivity contribution in [2.75, 3.05) is 13.7 Å². The Kier molecular flexibility index (Phi) is 7.87. The van der Waals surface area contributed by atoms with Gasteiger partial charge in [0.2, 0.25) is 0 Å². The Hall–Kier alpha value is -1.77. The highest BCUT2D eigenvalue weighted by Crippen LogP contribution is 2.22. The minimum absolute atomic E-state index is 0. The van der Waals surface area contributed by atoms with Crippen LogP contribution in [0.3, 0.4) is 0 Å². The summed E-state index contributed by atoms with van der Waals surface area (Å²) < 4.78 is 0. The predicted octanol–water partition coefficient (Wildman–Crippen LogP) is 0.512. The number of hydroxylamine groups is 1. The number of piperidine rings is 1.